The van der Waals surface area contributed by atoms with E-state index in [1.165, 1.54) is 12.1 Å². The van der Waals surface area contributed by atoms with Crippen molar-refractivity contribution in [1.29, 1.82) is 0 Å². The highest BCUT2D eigenvalue weighted by Gasteiger charge is 2.14. The number of H-pyrrole nitrogens is 1. The molecule has 0 unspecified atom stereocenters. The number of nitrogens with one attached hydrogen (secondary N) is 1. The Morgan fingerprint density at radius 3 is 2.61 bits per heavy atom. The van der Waals surface area contributed by atoms with E-state index in [0.29, 0.717) is 11.3 Å². The van der Waals surface area contributed by atoms with Gasteiger partial charge in [-0.15, -0.1) is 0 Å². The Morgan fingerprint density at radius 2 is 1.78 bits per heavy atom. The van der Waals surface area contributed by atoms with E-state index in [1.807, 2.05) is 36.4 Å². The minimum absolute atomic E-state index is 0.292. The van der Waals surface area contributed by atoms with Crippen LogP contribution >= 0.6 is 0 Å². The largest absolute Gasteiger partial charge is 0.399 e. The number of nitrogens with two attached hydrogens (primary N) is 1. The maximum absolute atomic E-state index is 13.6. The van der Waals surface area contributed by atoms with Crippen LogP contribution in [0.4, 0.5) is 10.1 Å². The number of aromatic nitrogens is 3. The van der Waals surface area contributed by atoms with Crippen LogP contribution < -0.4 is 5.73 Å². The van der Waals surface area contributed by atoms with Gasteiger partial charge in [0.15, 0.2) is 5.65 Å². The number of halogens is 1. The molecule has 2 heterocycles. The molecule has 0 saturated carbocycles. The lowest BCUT2D eigenvalue weighted by molar-refractivity contribution is 0.628. The van der Waals surface area contributed by atoms with Gasteiger partial charge >= 0.3 is 0 Å². The third-order valence-electron chi connectivity index (χ3n) is 3.77. The van der Waals surface area contributed by atoms with E-state index < -0.39 is 0 Å². The number of nitrogen functional groups attached to an aromatic ring is 1. The first kappa shape index (κ1) is 13.5. The molecule has 3 N–H and O–H groups in total. The van der Waals surface area contributed by atoms with E-state index in [-0.39, 0.29) is 5.82 Å². The Bertz CT molecular complexity index is 1010. The van der Waals surface area contributed by atoms with E-state index in [9.17, 15) is 4.39 Å². The van der Waals surface area contributed by atoms with Crippen molar-refractivity contribution in [3.8, 4) is 22.4 Å². The van der Waals surface area contributed by atoms with Crippen molar-refractivity contribution in [3.63, 3.8) is 0 Å². The summed E-state index contributed by atoms with van der Waals surface area (Å²) < 4.78 is 13.6. The Balaban J connectivity index is 2.01. The van der Waals surface area contributed by atoms with Crippen LogP contribution in [0.1, 0.15) is 0 Å². The van der Waals surface area contributed by atoms with E-state index in [0.717, 1.165) is 27.8 Å². The molecule has 0 spiro atoms. The van der Waals surface area contributed by atoms with Crippen molar-refractivity contribution in [2.24, 2.45) is 0 Å². The summed E-state index contributed by atoms with van der Waals surface area (Å²) in [6.07, 6.45) is 1.71. The summed E-state index contributed by atoms with van der Waals surface area (Å²) in [7, 11) is 0. The summed E-state index contributed by atoms with van der Waals surface area (Å²) >= 11 is 0. The van der Waals surface area contributed by atoms with Crippen LogP contribution in [0.2, 0.25) is 0 Å². The molecule has 23 heavy (non-hydrogen) atoms. The molecule has 0 aliphatic rings. The van der Waals surface area contributed by atoms with E-state index in [2.05, 4.69) is 15.2 Å². The molecule has 4 nitrogen and oxygen atoms in total. The van der Waals surface area contributed by atoms with Gasteiger partial charge in [0.2, 0.25) is 0 Å². The highest BCUT2D eigenvalue weighted by Crippen LogP contribution is 2.34. The second-order valence-corrected chi connectivity index (χ2v) is 5.29. The average molecular weight is 304 g/mol. The Labute approximate surface area is 131 Å². The Kier molecular flexibility index (Phi) is 3.05. The van der Waals surface area contributed by atoms with Gasteiger partial charge < -0.3 is 5.73 Å². The molecule has 5 heteroatoms. The zero-order valence-electron chi connectivity index (χ0n) is 12.1. The molecule has 0 atom stereocenters. The molecular formula is C18H13FN4. The second-order valence-electron chi connectivity index (χ2n) is 5.29. The number of pyridine rings is 1. The van der Waals surface area contributed by atoms with Crippen LogP contribution in [0, 0.1) is 5.82 Å². The summed E-state index contributed by atoms with van der Waals surface area (Å²) in [6.45, 7) is 0. The van der Waals surface area contributed by atoms with Gasteiger partial charge in [-0.1, -0.05) is 24.3 Å². The molecule has 2 aromatic carbocycles. The summed E-state index contributed by atoms with van der Waals surface area (Å²) in [5, 5.41) is 8.07. The molecule has 0 aliphatic carbocycles. The van der Waals surface area contributed by atoms with Crippen LogP contribution in [0.5, 0.6) is 0 Å². The van der Waals surface area contributed by atoms with Crippen LogP contribution in [0.15, 0.2) is 60.8 Å². The number of fused-ring (bicyclic) bond motifs is 1. The molecule has 4 rings (SSSR count). The first-order valence-corrected chi connectivity index (χ1v) is 7.17. The fourth-order valence-electron chi connectivity index (χ4n) is 2.75. The van der Waals surface area contributed by atoms with Crippen molar-refractivity contribution in [1.82, 2.24) is 15.2 Å². The zero-order chi connectivity index (χ0) is 15.8. The average Bonchev–Trinajstić information content (AvgIpc) is 2.99. The molecule has 0 aliphatic heterocycles. The molecule has 0 fully saturated rings. The molecular weight excluding hydrogens is 291 g/mol. The van der Waals surface area contributed by atoms with Crippen LogP contribution in [-0.2, 0) is 0 Å². The predicted molar refractivity (Wildman–Crippen MR) is 89.1 cm³/mol. The fourth-order valence-corrected chi connectivity index (χ4v) is 2.75. The molecule has 0 bridgehead atoms. The normalized spacial score (nSPS) is 11.0. The van der Waals surface area contributed by atoms with Gasteiger partial charge in [0.05, 0.1) is 11.1 Å². The molecule has 4 aromatic rings. The highest BCUT2D eigenvalue weighted by molar-refractivity contribution is 6.02. The lowest BCUT2D eigenvalue weighted by Crippen LogP contribution is -1.88. The summed E-state index contributed by atoms with van der Waals surface area (Å²) in [4.78, 5) is 4.29. The van der Waals surface area contributed by atoms with Crippen molar-refractivity contribution >= 4 is 16.7 Å². The highest BCUT2D eigenvalue weighted by atomic mass is 19.1. The first-order valence-electron chi connectivity index (χ1n) is 7.17. The molecule has 0 amide bonds. The van der Waals surface area contributed by atoms with Gasteiger partial charge in [-0.25, -0.2) is 9.37 Å². The van der Waals surface area contributed by atoms with Crippen LogP contribution in [-0.4, -0.2) is 15.2 Å². The van der Waals surface area contributed by atoms with Crippen molar-refractivity contribution < 1.29 is 4.39 Å². The maximum atomic E-state index is 13.6. The van der Waals surface area contributed by atoms with Gasteiger partial charge in [-0.05, 0) is 41.5 Å². The number of anilines is 1. The monoisotopic (exact) mass is 304 g/mol. The smallest absolute Gasteiger partial charge is 0.182 e. The number of aromatic amines is 1. The quantitative estimate of drug-likeness (QED) is 0.550. The topological polar surface area (TPSA) is 67.6 Å². The van der Waals surface area contributed by atoms with Gasteiger partial charge in [0.1, 0.15) is 5.82 Å². The van der Waals surface area contributed by atoms with E-state index in [1.54, 1.807) is 12.3 Å². The number of nitrogens with zero attached hydrogens (tertiary/aromatic N) is 2. The number of hydrogen-bond acceptors (Lipinski definition) is 3. The van der Waals surface area contributed by atoms with E-state index >= 15 is 0 Å². The van der Waals surface area contributed by atoms with Crippen LogP contribution in [0.25, 0.3) is 33.4 Å². The first-order chi connectivity index (χ1) is 11.2. The number of rotatable bonds is 2. The summed E-state index contributed by atoms with van der Waals surface area (Å²) in [6, 6.07) is 15.9. The standard InChI is InChI=1S/C18H13FN4/c19-13-5-1-4-12(9-13)17-16-15(7-8-21-18(16)23-22-17)11-3-2-6-14(20)10-11/h1-10H,20H2,(H,21,22,23). The van der Waals surface area contributed by atoms with Crippen molar-refractivity contribution in [2.45, 2.75) is 0 Å². The third-order valence-corrected chi connectivity index (χ3v) is 3.77. The van der Waals surface area contributed by atoms with Crippen molar-refractivity contribution in [3.05, 3.63) is 66.6 Å². The molecule has 2 aromatic heterocycles. The van der Waals surface area contributed by atoms with Gasteiger partial charge in [-0.3, -0.25) is 5.10 Å². The predicted octanol–water partition coefficient (Wildman–Crippen LogP) is 4.01. The third kappa shape index (κ3) is 2.32. The van der Waals surface area contributed by atoms with Crippen molar-refractivity contribution in [2.75, 3.05) is 5.73 Å². The fraction of sp³-hybridized carbons (Fsp3) is 0. The minimum atomic E-state index is -0.292. The lowest BCUT2D eigenvalue weighted by Gasteiger charge is -2.06. The zero-order valence-corrected chi connectivity index (χ0v) is 12.1. The lowest BCUT2D eigenvalue weighted by atomic mass is 9.99. The minimum Gasteiger partial charge on any atom is -0.399 e. The summed E-state index contributed by atoms with van der Waals surface area (Å²) in [5.74, 6) is -0.292. The Morgan fingerprint density at radius 1 is 0.957 bits per heavy atom. The maximum Gasteiger partial charge on any atom is 0.182 e. The van der Waals surface area contributed by atoms with Gasteiger partial charge in [0.25, 0.3) is 0 Å². The molecule has 0 radical (unpaired) electrons. The molecule has 0 saturated heterocycles. The second kappa shape index (κ2) is 5.21. The number of hydrogen-bond donors (Lipinski definition) is 2. The SMILES string of the molecule is Nc1cccc(-c2ccnc3n[nH]c(-c4cccc(F)c4)c23)c1. The van der Waals surface area contributed by atoms with Gasteiger partial charge in [0, 0.05) is 17.4 Å². The number of benzene rings is 2. The van der Waals surface area contributed by atoms with Crippen LogP contribution in [0.3, 0.4) is 0 Å². The molecule has 112 valence electrons. The van der Waals surface area contributed by atoms with Gasteiger partial charge in [-0.2, -0.15) is 5.10 Å². The van der Waals surface area contributed by atoms with E-state index in [4.69, 9.17) is 5.73 Å². The Hall–Kier alpha value is -3.21. The summed E-state index contributed by atoms with van der Waals surface area (Å²) in [5.41, 5.74) is 10.6.